The smallest absolute Gasteiger partial charge is 0.0159 e. The van der Waals surface area contributed by atoms with Gasteiger partial charge in [0.05, 0.1) is 0 Å². The minimum absolute atomic E-state index is 1.30. The van der Waals surface area contributed by atoms with E-state index in [4.69, 9.17) is 0 Å². The van der Waals surface area contributed by atoms with Crippen LogP contribution >= 0.6 is 22.6 Å². The minimum Gasteiger partial charge on any atom is -0.0533 e. The van der Waals surface area contributed by atoms with Crippen LogP contribution in [0.15, 0.2) is 18.2 Å². The van der Waals surface area contributed by atoms with Gasteiger partial charge in [-0.2, -0.15) is 0 Å². The SMILES string of the molecule is Cc1c[c]ccc1I. The van der Waals surface area contributed by atoms with Crippen molar-refractivity contribution in [1.29, 1.82) is 0 Å². The van der Waals surface area contributed by atoms with Gasteiger partial charge in [0.1, 0.15) is 0 Å². The predicted molar refractivity (Wildman–Crippen MR) is 42.7 cm³/mol. The molecule has 1 aromatic carbocycles. The Hall–Kier alpha value is -0.0500. The van der Waals surface area contributed by atoms with Crippen molar-refractivity contribution in [2.45, 2.75) is 6.92 Å². The molecule has 0 saturated carbocycles. The monoisotopic (exact) mass is 217 g/mol. The highest BCUT2D eigenvalue weighted by atomic mass is 127. The highest BCUT2D eigenvalue weighted by Gasteiger charge is 1.86. The molecule has 0 aliphatic heterocycles. The van der Waals surface area contributed by atoms with Crippen molar-refractivity contribution in [3.8, 4) is 0 Å². The fourth-order valence-electron chi connectivity index (χ4n) is 0.495. The minimum atomic E-state index is 1.30. The maximum atomic E-state index is 3.00. The molecule has 1 heteroatoms. The zero-order valence-electron chi connectivity index (χ0n) is 4.61. The van der Waals surface area contributed by atoms with Crippen LogP contribution in [0.1, 0.15) is 5.56 Å². The normalized spacial score (nSPS) is 9.25. The Morgan fingerprint density at radius 3 is 2.75 bits per heavy atom. The van der Waals surface area contributed by atoms with Crippen molar-refractivity contribution in [2.75, 3.05) is 0 Å². The lowest BCUT2D eigenvalue weighted by Crippen LogP contribution is -1.74. The average Bonchev–Trinajstić information content (AvgIpc) is 1.77. The van der Waals surface area contributed by atoms with E-state index in [1.165, 1.54) is 9.13 Å². The lowest BCUT2D eigenvalue weighted by molar-refractivity contribution is 1.42. The van der Waals surface area contributed by atoms with Gasteiger partial charge in [-0.3, -0.25) is 0 Å². The number of benzene rings is 1. The van der Waals surface area contributed by atoms with Crippen LogP contribution in [0.3, 0.4) is 0 Å². The van der Waals surface area contributed by atoms with E-state index >= 15 is 0 Å². The summed E-state index contributed by atoms with van der Waals surface area (Å²) in [5.41, 5.74) is 1.30. The van der Waals surface area contributed by atoms with Gasteiger partial charge in [-0.25, -0.2) is 0 Å². The molecule has 1 rings (SSSR count). The molecule has 8 heavy (non-hydrogen) atoms. The maximum Gasteiger partial charge on any atom is 0.0159 e. The second-order valence-electron chi connectivity index (χ2n) is 1.68. The molecule has 0 aromatic heterocycles. The molecule has 1 aromatic rings. The van der Waals surface area contributed by atoms with E-state index in [1.807, 2.05) is 12.1 Å². The van der Waals surface area contributed by atoms with E-state index < -0.39 is 0 Å². The first-order valence-corrected chi connectivity index (χ1v) is 3.51. The lowest BCUT2D eigenvalue weighted by atomic mass is 10.2. The van der Waals surface area contributed by atoms with Gasteiger partial charge < -0.3 is 0 Å². The van der Waals surface area contributed by atoms with Crippen molar-refractivity contribution in [3.05, 3.63) is 33.4 Å². The zero-order valence-corrected chi connectivity index (χ0v) is 6.77. The summed E-state index contributed by atoms with van der Waals surface area (Å²) in [4.78, 5) is 0. The molecule has 0 heterocycles. The topological polar surface area (TPSA) is 0 Å². The molecule has 0 unspecified atom stereocenters. The highest BCUT2D eigenvalue weighted by molar-refractivity contribution is 14.1. The van der Waals surface area contributed by atoms with Crippen molar-refractivity contribution in [3.63, 3.8) is 0 Å². The summed E-state index contributed by atoms with van der Waals surface area (Å²) in [7, 11) is 0. The highest BCUT2D eigenvalue weighted by Crippen LogP contribution is 2.07. The molecule has 0 bridgehead atoms. The average molecular weight is 217 g/mol. The molecule has 0 amide bonds. The molecular weight excluding hydrogens is 211 g/mol. The van der Waals surface area contributed by atoms with E-state index in [9.17, 15) is 0 Å². The first-order chi connectivity index (χ1) is 3.80. The first kappa shape index (κ1) is 6.08. The van der Waals surface area contributed by atoms with Crippen LogP contribution in [0.25, 0.3) is 0 Å². The third-order valence-corrected chi connectivity index (χ3v) is 2.21. The third-order valence-electron chi connectivity index (χ3n) is 1.00. The molecule has 0 N–H and O–H groups in total. The quantitative estimate of drug-likeness (QED) is 0.585. The molecule has 41 valence electrons. The van der Waals surface area contributed by atoms with Gasteiger partial charge in [-0.05, 0) is 47.2 Å². The van der Waals surface area contributed by atoms with Crippen LogP contribution in [0.4, 0.5) is 0 Å². The predicted octanol–water partition coefficient (Wildman–Crippen LogP) is 2.40. The Bertz CT molecular complexity index is 160. The fraction of sp³-hybridized carbons (Fsp3) is 0.143. The number of rotatable bonds is 0. The number of aryl methyl sites for hydroxylation is 1. The fourth-order valence-corrected chi connectivity index (χ4v) is 0.830. The Labute approximate surface area is 63.1 Å². The summed E-state index contributed by atoms with van der Waals surface area (Å²) in [5.74, 6) is 0. The van der Waals surface area contributed by atoms with Crippen molar-refractivity contribution >= 4 is 22.6 Å². The molecule has 0 saturated heterocycles. The van der Waals surface area contributed by atoms with E-state index in [1.54, 1.807) is 0 Å². The molecule has 0 fully saturated rings. The summed E-state index contributed by atoms with van der Waals surface area (Å²) in [6.45, 7) is 2.08. The van der Waals surface area contributed by atoms with Crippen molar-refractivity contribution < 1.29 is 0 Å². The summed E-state index contributed by atoms with van der Waals surface area (Å²) >= 11 is 2.30. The third kappa shape index (κ3) is 1.22. The van der Waals surface area contributed by atoms with Gasteiger partial charge in [0, 0.05) is 3.57 Å². The van der Waals surface area contributed by atoms with Gasteiger partial charge >= 0.3 is 0 Å². The van der Waals surface area contributed by atoms with E-state index in [0.29, 0.717) is 0 Å². The first-order valence-electron chi connectivity index (χ1n) is 2.43. The standard InChI is InChI=1S/C7H6I/c1-6-4-2-3-5-7(6)8/h3-5H,1H3. The van der Waals surface area contributed by atoms with Gasteiger partial charge in [0.2, 0.25) is 0 Å². The lowest BCUT2D eigenvalue weighted by Gasteiger charge is -1.91. The van der Waals surface area contributed by atoms with Gasteiger partial charge in [-0.1, -0.05) is 12.1 Å². The van der Waals surface area contributed by atoms with Crippen LogP contribution in [0.2, 0.25) is 0 Å². The van der Waals surface area contributed by atoms with Crippen LogP contribution in [-0.2, 0) is 0 Å². The second kappa shape index (κ2) is 2.49. The van der Waals surface area contributed by atoms with Crippen LogP contribution in [0, 0.1) is 16.6 Å². The number of halogens is 1. The number of hydrogen-bond donors (Lipinski definition) is 0. The van der Waals surface area contributed by atoms with Gasteiger partial charge in [0.15, 0.2) is 0 Å². The van der Waals surface area contributed by atoms with Crippen molar-refractivity contribution in [2.24, 2.45) is 0 Å². The summed E-state index contributed by atoms with van der Waals surface area (Å²) in [6, 6.07) is 8.96. The number of hydrogen-bond acceptors (Lipinski definition) is 0. The molecule has 1 radical (unpaired) electrons. The summed E-state index contributed by atoms with van der Waals surface area (Å²) in [6.07, 6.45) is 0. The van der Waals surface area contributed by atoms with Crippen molar-refractivity contribution in [1.82, 2.24) is 0 Å². The van der Waals surface area contributed by atoms with E-state index in [-0.39, 0.29) is 0 Å². The molecule has 0 spiro atoms. The zero-order chi connectivity index (χ0) is 5.98. The Morgan fingerprint density at radius 1 is 1.62 bits per heavy atom. The molecule has 0 nitrogen and oxygen atoms in total. The van der Waals surface area contributed by atoms with Crippen LogP contribution in [-0.4, -0.2) is 0 Å². The molecule has 0 atom stereocenters. The van der Waals surface area contributed by atoms with Gasteiger partial charge in [0.25, 0.3) is 0 Å². The largest absolute Gasteiger partial charge is 0.0533 e. The Balaban J connectivity index is 3.13. The van der Waals surface area contributed by atoms with Gasteiger partial charge in [-0.15, -0.1) is 0 Å². The molecular formula is C7H6I. The van der Waals surface area contributed by atoms with Crippen LogP contribution in [0.5, 0.6) is 0 Å². The Kier molecular flexibility index (Phi) is 1.89. The maximum absolute atomic E-state index is 3.00. The summed E-state index contributed by atoms with van der Waals surface area (Å²) in [5, 5.41) is 0. The summed E-state index contributed by atoms with van der Waals surface area (Å²) < 4.78 is 1.31. The van der Waals surface area contributed by atoms with E-state index in [2.05, 4.69) is 41.6 Å². The second-order valence-corrected chi connectivity index (χ2v) is 2.84. The van der Waals surface area contributed by atoms with Crippen LogP contribution < -0.4 is 0 Å². The molecule has 0 aliphatic carbocycles. The molecule has 0 aliphatic rings. The van der Waals surface area contributed by atoms with E-state index in [0.717, 1.165) is 0 Å². The Morgan fingerprint density at radius 2 is 2.38 bits per heavy atom.